The zero-order valence-electron chi connectivity index (χ0n) is 12.8. The maximum atomic E-state index is 6.31. The molecule has 2 rings (SSSR count). The van der Waals surface area contributed by atoms with Crippen LogP contribution in [0.25, 0.3) is 0 Å². The van der Waals surface area contributed by atoms with Gasteiger partial charge in [-0.1, -0.05) is 49.4 Å². The van der Waals surface area contributed by atoms with Crippen molar-refractivity contribution in [3.05, 3.63) is 47.0 Å². The van der Waals surface area contributed by atoms with E-state index < -0.39 is 0 Å². The monoisotopic (exact) mass is 356 g/mol. The first-order valence-electron chi connectivity index (χ1n) is 7.76. The van der Waals surface area contributed by atoms with E-state index in [9.17, 15) is 0 Å². The molecule has 0 amide bonds. The molecule has 1 atom stereocenters. The van der Waals surface area contributed by atoms with Crippen molar-refractivity contribution in [1.82, 2.24) is 9.55 Å². The van der Waals surface area contributed by atoms with Crippen LogP contribution in [-0.2, 0) is 6.54 Å². The Morgan fingerprint density at radius 1 is 1.23 bits per heavy atom. The predicted octanol–water partition coefficient (Wildman–Crippen LogP) is 6.32. The van der Waals surface area contributed by atoms with E-state index in [-0.39, 0.29) is 0 Å². The molecule has 0 N–H and O–H groups in total. The minimum atomic E-state index is 0.563. The van der Waals surface area contributed by atoms with Gasteiger partial charge < -0.3 is 4.57 Å². The molecule has 22 heavy (non-hydrogen) atoms. The number of imidazole rings is 1. The highest BCUT2D eigenvalue weighted by atomic mass is 35.5. The predicted molar refractivity (Wildman–Crippen MR) is 97.1 cm³/mol. The molecule has 1 heterocycles. The van der Waals surface area contributed by atoms with Crippen LogP contribution in [0.2, 0.25) is 10.0 Å². The molecule has 120 valence electrons. The second-order valence-corrected chi connectivity index (χ2v) is 7.59. The SMILES string of the molecule is CCCCCC(CCn1ccnc1)Sc1ccc(Cl)cc1Cl. The Hall–Kier alpha value is -0.640. The van der Waals surface area contributed by atoms with Crippen molar-refractivity contribution in [2.75, 3.05) is 0 Å². The second kappa shape index (κ2) is 9.49. The minimum Gasteiger partial charge on any atom is -0.337 e. The van der Waals surface area contributed by atoms with Crippen LogP contribution in [-0.4, -0.2) is 14.8 Å². The van der Waals surface area contributed by atoms with Crippen LogP contribution in [0.4, 0.5) is 0 Å². The Morgan fingerprint density at radius 3 is 2.77 bits per heavy atom. The van der Waals surface area contributed by atoms with Gasteiger partial charge in [0.05, 0.1) is 11.3 Å². The molecule has 0 aliphatic heterocycles. The third-order valence-electron chi connectivity index (χ3n) is 3.59. The molecule has 0 saturated carbocycles. The van der Waals surface area contributed by atoms with Crippen LogP contribution < -0.4 is 0 Å². The first-order valence-corrected chi connectivity index (χ1v) is 9.40. The average Bonchev–Trinajstić information content (AvgIpc) is 3.00. The smallest absolute Gasteiger partial charge is 0.0945 e. The van der Waals surface area contributed by atoms with Crippen molar-refractivity contribution < 1.29 is 0 Å². The molecule has 1 unspecified atom stereocenters. The second-order valence-electron chi connectivity index (χ2n) is 5.40. The molecule has 0 radical (unpaired) electrons. The lowest BCUT2D eigenvalue weighted by Gasteiger charge is -2.17. The number of benzene rings is 1. The Morgan fingerprint density at radius 2 is 2.09 bits per heavy atom. The van der Waals surface area contributed by atoms with Crippen molar-refractivity contribution in [1.29, 1.82) is 0 Å². The lowest BCUT2D eigenvalue weighted by molar-refractivity contribution is 0.569. The van der Waals surface area contributed by atoms with Crippen LogP contribution in [0.3, 0.4) is 0 Å². The maximum absolute atomic E-state index is 6.31. The lowest BCUT2D eigenvalue weighted by atomic mass is 10.1. The number of halogens is 2. The van der Waals surface area contributed by atoms with E-state index >= 15 is 0 Å². The van der Waals surface area contributed by atoms with Crippen molar-refractivity contribution in [2.24, 2.45) is 0 Å². The minimum absolute atomic E-state index is 0.563. The fourth-order valence-electron chi connectivity index (χ4n) is 2.35. The number of hydrogen-bond donors (Lipinski definition) is 0. The van der Waals surface area contributed by atoms with Gasteiger partial charge in [-0.3, -0.25) is 0 Å². The number of unbranched alkanes of at least 4 members (excludes halogenated alkanes) is 2. The molecule has 0 spiro atoms. The largest absolute Gasteiger partial charge is 0.337 e. The number of nitrogens with zero attached hydrogens (tertiary/aromatic N) is 2. The number of aromatic nitrogens is 2. The van der Waals surface area contributed by atoms with Gasteiger partial charge in [0.1, 0.15) is 0 Å². The molecular weight excluding hydrogens is 335 g/mol. The van der Waals surface area contributed by atoms with E-state index in [4.69, 9.17) is 23.2 Å². The van der Waals surface area contributed by atoms with Gasteiger partial charge in [-0.05, 0) is 31.0 Å². The van der Waals surface area contributed by atoms with Gasteiger partial charge in [0.2, 0.25) is 0 Å². The number of hydrogen-bond acceptors (Lipinski definition) is 2. The highest BCUT2D eigenvalue weighted by molar-refractivity contribution is 8.00. The maximum Gasteiger partial charge on any atom is 0.0945 e. The fraction of sp³-hybridized carbons (Fsp3) is 0.471. The quantitative estimate of drug-likeness (QED) is 0.386. The summed E-state index contributed by atoms with van der Waals surface area (Å²) in [6.07, 6.45) is 11.9. The van der Waals surface area contributed by atoms with Crippen LogP contribution in [0.5, 0.6) is 0 Å². The van der Waals surface area contributed by atoms with E-state index in [1.165, 1.54) is 25.7 Å². The van der Waals surface area contributed by atoms with Crippen LogP contribution in [0, 0.1) is 0 Å². The van der Waals surface area contributed by atoms with Gasteiger partial charge in [-0.15, -0.1) is 11.8 Å². The summed E-state index contributed by atoms with van der Waals surface area (Å²) >= 11 is 14.2. The summed E-state index contributed by atoms with van der Waals surface area (Å²) in [5.74, 6) is 0. The molecular formula is C17H22Cl2N2S. The summed E-state index contributed by atoms with van der Waals surface area (Å²) in [6, 6.07) is 5.76. The van der Waals surface area contributed by atoms with Crippen molar-refractivity contribution in [2.45, 2.75) is 55.7 Å². The standard InChI is InChI=1S/C17H22Cl2N2S/c1-2-3-4-5-15(8-10-21-11-9-20-13-21)22-17-7-6-14(18)12-16(17)19/h6-7,9,11-13,15H,2-5,8,10H2,1H3. The van der Waals surface area contributed by atoms with E-state index in [1.54, 1.807) is 0 Å². The van der Waals surface area contributed by atoms with Crippen molar-refractivity contribution in [3.8, 4) is 0 Å². The summed E-state index contributed by atoms with van der Waals surface area (Å²) < 4.78 is 2.14. The average molecular weight is 357 g/mol. The number of thioether (sulfide) groups is 1. The van der Waals surface area contributed by atoms with Gasteiger partial charge in [0.25, 0.3) is 0 Å². The number of aryl methyl sites for hydroxylation is 1. The molecule has 2 aromatic rings. The molecule has 0 aliphatic rings. The third kappa shape index (κ3) is 5.86. The van der Waals surface area contributed by atoms with Gasteiger partial charge in [0.15, 0.2) is 0 Å². The molecule has 0 saturated heterocycles. The van der Waals surface area contributed by atoms with E-state index in [0.29, 0.717) is 10.3 Å². The number of rotatable bonds is 9. The first kappa shape index (κ1) is 17.7. The highest BCUT2D eigenvalue weighted by Crippen LogP contribution is 2.35. The summed E-state index contributed by atoms with van der Waals surface area (Å²) in [5.41, 5.74) is 0. The zero-order valence-corrected chi connectivity index (χ0v) is 15.2. The molecule has 1 aromatic carbocycles. The van der Waals surface area contributed by atoms with E-state index in [1.807, 2.05) is 48.7 Å². The van der Waals surface area contributed by atoms with Gasteiger partial charge >= 0.3 is 0 Å². The lowest BCUT2D eigenvalue weighted by Crippen LogP contribution is -2.08. The summed E-state index contributed by atoms with van der Waals surface area (Å²) in [5, 5.41) is 2.00. The highest BCUT2D eigenvalue weighted by Gasteiger charge is 2.13. The molecule has 1 aromatic heterocycles. The van der Waals surface area contributed by atoms with Crippen LogP contribution in [0.15, 0.2) is 41.8 Å². The van der Waals surface area contributed by atoms with Crippen LogP contribution >= 0.6 is 35.0 Å². The summed E-state index contributed by atoms with van der Waals surface area (Å²) in [7, 11) is 0. The summed E-state index contributed by atoms with van der Waals surface area (Å²) in [6.45, 7) is 3.23. The first-order chi connectivity index (χ1) is 10.7. The normalized spacial score (nSPS) is 12.5. The van der Waals surface area contributed by atoms with Crippen molar-refractivity contribution >= 4 is 35.0 Å². The van der Waals surface area contributed by atoms with E-state index in [2.05, 4.69) is 16.5 Å². The van der Waals surface area contributed by atoms with Crippen LogP contribution in [0.1, 0.15) is 39.0 Å². The summed E-state index contributed by atoms with van der Waals surface area (Å²) in [4.78, 5) is 5.23. The molecule has 5 heteroatoms. The van der Waals surface area contributed by atoms with E-state index in [0.717, 1.165) is 22.9 Å². The Bertz CT molecular complexity index is 558. The Balaban J connectivity index is 1.96. The Kier molecular flexibility index (Phi) is 7.64. The van der Waals surface area contributed by atoms with Gasteiger partial charge in [-0.25, -0.2) is 4.98 Å². The molecule has 0 aliphatic carbocycles. The Labute approximate surface area is 147 Å². The topological polar surface area (TPSA) is 17.8 Å². The zero-order chi connectivity index (χ0) is 15.8. The molecule has 2 nitrogen and oxygen atoms in total. The molecule has 0 fully saturated rings. The van der Waals surface area contributed by atoms with Gasteiger partial charge in [0, 0.05) is 34.1 Å². The third-order valence-corrected chi connectivity index (χ3v) is 5.66. The van der Waals surface area contributed by atoms with Gasteiger partial charge in [-0.2, -0.15) is 0 Å². The molecule has 0 bridgehead atoms. The van der Waals surface area contributed by atoms with Crippen molar-refractivity contribution in [3.63, 3.8) is 0 Å². The fourth-order valence-corrected chi connectivity index (χ4v) is 4.07.